The predicted octanol–water partition coefficient (Wildman–Crippen LogP) is 1.43. The average Bonchev–Trinajstić information content (AvgIpc) is 2.36. The highest BCUT2D eigenvalue weighted by Gasteiger charge is 2.37. The summed E-state index contributed by atoms with van der Waals surface area (Å²) in [6.45, 7) is 5.37. The normalized spacial score (nSPS) is 21.3. The molecule has 0 saturated carbocycles. The maximum Gasteiger partial charge on any atom is 0.408 e. The lowest BCUT2D eigenvalue weighted by Gasteiger charge is -2.35. The van der Waals surface area contributed by atoms with Gasteiger partial charge in [-0.1, -0.05) is 29.2 Å². The monoisotopic (exact) mass is 285 g/mol. The molecule has 1 atom stereocenters. The van der Waals surface area contributed by atoms with Crippen molar-refractivity contribution in [3.63, 3.8) is 0 Å². The first-order valence-electron chi connectivity index (χ1n) is 7.08. The summed E-state index contributed by atoms with van der Waals surface area (Å²) in [6, 6.07) is 5.66. The lowest BCUT2D eigenvalue weighted by Crippen LogP contribution is -2.55. The highest BCUT2D eigenvalue weighted by Crippen LogP contribution is 2.27. The van der Waals surface area contributed by atoms with Crippen LogP contribution in [-0.4, -0.2) is 31.4 Å². The molecule has 1 unspecified atom stereocenters. The quantitative estimate of drug-likeness (QED) is 0.660. The van der Waals surface area contributed by atoms with Gasteiger partial charge in [-0.15, -0.1) is 0 Å². The molecule has 0 aromatic heterocycles. The van der Waals surface area contributed by atoms with Gasteiger partial charge in [0.15, 0.2) is 0 Å². The Balaban J connectivity index is 2.17. The van der Waals surface area contributed by atoms with Gasteiger partial charge in [0.05, 0.1) is 0 Å². The number of amides is 1. The molecule has 1 aliphatic rings. The Kier molecular flexibility index (Phi) is 4.12. The molecule has 1 aromatic carbocycles. The molecular weight excluding hydrogens is 265 g/mol. The van der Waals surface area contributed by atoms with Crippen LogP contribution in [0.25, 0.3) is 0 Å². The van der Waals surface area contributed by atoms with Crippen LogP contribution in [0.5, 0.6) is 0 Å². The van der Waals surface area contributed by atoms with E-state index in [1.807, 2.05) is 18.2 Å². The maximum atomic E-state index is 12.0. The number of fused-ring (bicyclic) bond motifs is 1. The van der Waals surface area contributed by atoms with Crippen molar-refractivity contribution >= 4 is 25.7 Å². The summed E-state index contributed by atoms with van der Waals surface area (Å²) in [5, 5.41) is 2.73. The largest absolute Gasteiger partial charge is 0.444 e. The number of alkyl carbamates (subject to hydrolysis) is 1. The average molecular weight is 285 g/mol. The zero-order valence-corrected chi connectivity index (χ0v) is 12.7. The summed E-state index contributed by atoms with van der Waals surface area (Å²) in [4.78, 5) is 23.5. The Hall–Kier alpha value is -1.78. The van der Waals surface area contributed by atoms with Crippen molar-refractivity contribution in [3.05, 3.63) is 29.3 Å². The Labute approximate surface area is 126 Å². The van der Waals surface area contributed by atoms with E-state index in [0.29, 0.717) is 19.3 Å². The third kappa shape index (κ3) is 3.66. The second-order valence-corrected chi connectivity index (χ2v) is 6.56. The van der Waals surface area contributed by atoms with Gasteiger partial charge in [0.1, 0.15) is 25.3 Å². The summed E-state index contributed by atoms with van der Waals surface area (Å²) in [5.41, 5.74) is 1.31. The molecule has 0 aliphatic heterocycles. The zero-order chi connectivity index (χ0) is 15.7. The van der Waals surface area contributed by atoms with Crippen molar-refractivity contribution in [1.82, 2.24) is 5.32 Å². The van der Waals surface area contributed by atoms with E-state index in [9.17, 15) is 9.59 Å². The first-order valence-corrected chi connectivity index (χ1v) is 7.08. The highest BCUT2D eigenvalue weighted by atomic mass is 16.6. The van der Waals surface area contributed by atoms with Crippen LogP contribution in [0.4, 0.5) is 4.79 Å². The minimum Gasteiger partial charge on any atom is -0.444 e. The molecule has 0 saturated heterocycles. The van der Waals surface area contributed by atoms with Crippen LogP contribution >= 0.6 is 0 Å². The van der Waals surface area contributed by atoms with Crippen LogP contribution in [0.15, 0.2) is 18.2 Å². The fourth-order valence-corrected chi connectivity index (χ4v) is 2.64. The smallest absolute Gasteiger partial charge is 0.408 e. The number of nitrogens with one attached hydrogen (secondary N) is 1. The molecule has 0 fully saturated rings. The van der Waals surface area contributed by atoms with E-state index in [1.165, 1.54) is 0 Å². The number of hydrogen-bond donors (Lipinski definition) is 1. The zero-order valence-electron chi connectivity index (χ0n) is 12.7. The topological polar surface area (TPSA) is 55.4 Å². The fraction of sp³-hybridized carbons (Fsp3) is 0.500. The molecule has 2 radical (unpaired) electrons. The molecule has 4 nitrogen and oxygen atoms in total. The Morgan fingerprint density at radius 1 is 1.43 bits per heavy atom. The molecule has 2 rings (SSSR count). The van der Waals surface area contributed by atoms with Crippen LogP contribution in [0.1, 0.15) is 38.3 Å². The molecule has 0 spiro atoms. The molecule has 1 aromatic rings. The number of rotatable bonds is 2. The van der Waals surface area contributed by atoms with Gasteiger partial charge in [-0.25, -0.2) is 4.79 Å². The van der Waals surface area contributed by atoms with E-state index in [0.717, 1.165) is 22.9 Å². The summed E-state index contributed by atoms with van der Waals surface area (Å²) < 4.78 is 5.25. The van der Waals surface area contributed by atoms with Crippen molar-refractivity contribution in [2.75, 3.05) is 0 Å². The Morgan fingerprint density at radius 2 is 2.14 bits per heavy atom. The summed E-state index contributed by atoms with van der Waals surface area (Å²) in [7, 11) is 5.96. The van der Waals surface area contributed by atoms with Gasteiger partial charge in [-0.05, 0) is 39.2 Å². The van der Waals surface area contributed by atoms with Crippen LogP contribution in [0.2, 0.25) is 0 Å². The lowest BCUT2D eigenvalue weighted by atomic mass is 9.74. The van der Waals surface area contributed by atoms with E-state index < -0.39 is 17.2 Å². The molecule has 0 heterocycles. The summed E-state index contributed by atoms with van der Waals surface area (Å²) in [5.74, 6) is 0. The number of carbonyl (C=O) groups excluding carboxylic acids is 2. The summed E-state index contributed by atoms with van der Waals surface area (Å²) in [6.07, 6.45) is 1.87. The van der Waals surface area contributed by atoms with E-state index in [2.05, 4.69) is 5.32 Å². The minimum absolute atomic E-state index is 0.441. The SMILES string of the molecule is [B]c1cccc2c1CCC(C=O)(NC(=O)OC(C)(C)C)C2. The first kappa shape index (κ1) is 15.6. The highest BCUT2D eigenvalue weighted by molar-refractivity contribution is 6.33. The van der Waals surface area contributed by atoms with E-state index in [1.54, 1.807) is 20.8 Å². The fourth-order valence-electron chi connectivity index (χ4n) is 2.64. The van der Waals surface area contributed by atoms with Gasteiger partial charge >= 0.3 is 6.09 Å². The summed E-state index contributed by atoms with van der Waals surface area (Å²) >= 11 is 0. The standard InChI is InChI=1S/C16H20BNO3/c1-15(2,3)21-14(20)18-16(10-19)8-7-12-11(9-16)5-4-6-13(12)17/h4-6,10H,7-9H2,1-3H3,(H,18,20). The number of benzene rings is 1. The molecule has 21 heavy (non-hydrogen) atoms. The van der Waals surface area contributed by atoms with Crippen LogP contribution in [0, 0.1) is 0 Å². The third-order valence-electron chi connectivity index (χ3n) is 3.61. The molecule has 110 valence electrons. The Morgan fingerprint density at radius 3 is 2.76 bits per heavy atom. The molecule has 1 N–H and O–H groups in total. The van der Waals surface area contributed by atoms with Gasteiger partial charge < -0.3 is 14.8 Å². The van der Waals surface area contributed by atoms with Crippen LogP contribution in [-0.2, 0) is 22.4 Å². The Bertz CT molecular complexity index is 565. The van der Waals surface area contributed by atoms with Gasteiger partial charge in [-0.2, -0.15) is 0 Å². The van der Waals surface area contributed by atoms with Crippen molar-refractivity contribution in [2.24, 2.45) is 0 Å². The van der Waals surface area contributed by atoms with Crippen LogP contribution in [0.3, 0.4) is 0 Å². The lowest BCUT2D eigenvalue weighted by molar-refractivity contribution is -0.113. The van der Waals surface area contributed by atoms with Crippen LogP contribution < -0.4 is 10.8 Å². The number of hydrogen-bond acceptors (Lipinski definition) is 3. The number of aldehydes is 1. The molecule has 1 aliphatic carbocycles. The van der Waals surface area contributed by atoms with E-state index in [4.69, 9.17) is 12.6 Å². The van der Waals surface area contributed by atoms with E-state index in [-0.39, 0.29) is 0 Å². The third-order valence-corrected chi connectivity index (χ3v) is 3.61. The van der Waals surface area contributed by atoms with Gasteiger partial charge in [-0.3, -0.25) is 0 Å². The van der Waals surface area contributed by atoms with Gasteiger partial charge in [0.2, 0.25) is 0 Å². The van der Waals surface area contributed by atoms with E-state index >= 15 is 0 Å². The number of ether oxygens (including phenoxy) is 1. The maximum absolute atomic E-state index is 12.0. The second kappa shape index (κ2) is 5.55. The molecule has 1 amide bonds. The number of carbonyl (C=O) groups is 2. The van der Waals surface area contributed by atoms with Crippen molar-refractivity contribution in [3.8, 4) is 0 Å². The molecular formula is C16H20BNO3. The van der Waals surface area contributed by atoms with Gasteiger partial charge in [0, 0.05) is 6.42 Å². The van der Waals surface area contributed by atoms with Crippen molar-refractivity contribution < 1.29 is 14.3 Å². The van der Waals surface area contributed by atoms with Crippen molar-refractivity contribution in [2.45, 2.75) is 51.2 Å². The minimum atomic E-state index is -0.914. The predicted molar refractivity (Wildman–Crippen MR) is 82.0 cm³/mol. The van der Waals surface area contributed by atoms with Gasteiger partial charge in [0.25, 0.3) is 0 Å². The second-order valence-electron chi connectivity index (χ2n) is 6.56. The molecule has 0 bridgehead atoms. The molecule has 5 heteroatoms. The first-order chi connectivity index (χ1) is 9.75. The van der Waals surface area contributed by atoms with Crippen molar-refractivity contribution in [1.29, 1.82) is 0 Å².